The van der Waals surface area contributed by atoms with Crippen molar-refractivity contribution >= 4 is 12.0 Å². The average Bonchev–Trinajstić information content (AvgIpc) is 2.60. The lowest BCUT2D eigenvalue weighted by Gasteiger charge is -2.36. The largest absolute Gasteiger partial charge is 0.450 e. The minimum atomic E-state index is -0.221. The van der Waals surface area contributed by atoms with Gasteiger partial charge in [0.15, 0.2) is 0 Å². The van der Waals surface area contributed by atoms with E-state index in [1.807, 2.05) is 6.92 Å². The van der Waals surface area contributed by atoms with Crippen molar-refractivity contribution in [2.75, 3.05) is 32.8 Å². The molecule has 2 aliphatic rings. The van der Waals surface area contributed by atoms with E-state index in [4.69, 9.17) is 4.74 Å². The predicted molar refractivity (Wildman–Crippen MR) is 89.3 cm³/mol. The minimum Gasteiger partial charge on any atom is -0.450 e. The molecule has 23 heavy (non-hydrogen) atoms. The summed E-state index contributed by atoms with van der Waals surface area (Å²) in [5.41, 5.74) is 0. The van der Waals surface area contributed by atoms with Crippen molar-refractivity contribution in [1.82, 2.24) is 15.1 Å². The molecule has 132 valence electrons. The van der Waals surface area contributed by atoms with Gasteiger partial charge in [-0.2, -0.15) is 0 Å². The van der Waals surface area contributed by atoms with Gasteiger partial charge in [-0.3, -0.25) is 4.79 Å². The van der Waals surface area contributed by atoms with Crippen LogP contribution in [0.25, 0.3) is 0 Å². The number of piperidine rings is 2. The van der Waals surface area contributed by atoms with Gasteiger partial charge in [-0.1, -0.05) is 6.92 Å². The summed E-state index contributed by atoms with van der Waals surface area (Å²) >= 11 is 0. The highest BCUT2D eigenvalue weighted by atomic mass is 16.6. The zero-order valence-corrected chi connectivity index (χ0v) is 14.6. The zero-order valence-electron chi connectivity index (χ0n) is 14.6. The molecule has 2 fully saturated rings. The van der Waals surface area contributed by atoms with Crippen molar-refractivity contribution in [2.45, 2.75) is 64.5 Å². The molecule has 2 heterocycles. The molecule has 1 unspecified atom stereocenters. The van der Waals surface area contributed by atoms with Gasteiger partial charge in [-0.15, -0.1) is 0 Å². The molecule has 0 aromatic carbocycles. The smallest absolute Gasteiger partial charge is 0.409 e. The number of carbonyl (C=O) groups excluding carboxylic acids is 2. The van der Waals surface area contributed by atoms with Gasteiger partial charge in [0, 0.05) is 31.7 Å². The second-order valence-electron chi connectivity index (χ2n) is 6.49. The average molecular weight is 325 g/mol. The predicted octanol–water partition coefficient (Wildman–Crippen LogP) is 1.99. The van der Waals surface area contributed by atoms with Crippen molar-refractivity contribution in [3.8, 4) is 0 Å². The highest BCUT2D eigenvalue weighted by Gasteiger charge is 2.27. The van der Waals surface area contributed by atoms with Gasteiger partial charge in [0.1, 0.15) is 0 Å². The molecular weight excluding hydrogens is 294 g/mol. The van der Waals surface area contributed by atoms with E-state index in [1.54, 1.807) is 4.90 Å². The van der Waals surface area contributed by atoms with Gasteiger partial charge >= 0.3 is 6.09 Å². The third-order valence-corrected chi connectivity index (χ3v) is 4.98. The van der Waals surface area contributed by atoms with Gasteiger partial charge in [0.05, 0.1) is 13.2 Å². The Hall–Kier alpha value is -1.30. The lowest BCUT2D eigenvalue weighted by atomic mass is 10.00. The van der Waals surface area contributed by atoms with Gasteiger partial charge in [-0.25, -0.2) is 4.79 Å². The Morgan fingerprint density at radius 1 is 1.09 bits per heavy atom. The topological polar surface area (TPSA) is 61.9 Å². The Bertz CT molecular complexity index is 395. The number of ether oxygens (including phenoxy) is 1. The van der Waals surface area contributed by atoms with E-state index >= 15 is 0 Å². The van der Waals surface area contributed by atoms with Crippen LogP contribution in [-0.2, 0) is 9.53 Å². The second-order valence-corrected chi connectivity index (χ2v) is 6.49. The molecule has 2 rings (SSSR count). The first kappa shape index (κ1) is 18.0. The van der Waals surface area contributed by atoms with E-state index < -0.39 is 0 Å². The molecule has 0 aromatic heterocycles. The maximum Gasteiger partial charge on any atom is 0.409 e. The standard InChI is InChI=1S/C17H31N3O3/c1-3-15-7-5-6-10-20(15)16(21)13-18-14-8-11-19(12-9-14)17(22)23-4-2/h14-15,18H,3-13H2,1-2H3. The number of likely N-dealkylation sites (tertiary alicyclic amines) is 2. The third kappa shape index (κ3) is 5.09. The van der Waals surface area contributed by atoms with E-state index in [0.717, 1.165) is 38.6 Å². The van der Waals surface area contributed by atoms with Crippen LogP contribution in [0.2, 0.25) is 0 Å². The molecule has 0 aliphatic carbocycles. The first-order valence-corrected chi connectivity index (χ1v) is 9.10. The van der Waals surface area contributed by atoms with Crippen LogP contribution in [0.5, 0.6) is 0 Å². The monoisotopic (exact) mass is 325 g/mol. The third-order valence-electron chi connectivity index (χ3n) is 4.98. The number of carbonyl (C=O) groups is 2. The number of hydrogen-bond acceptors (Lipinski definition) is 4. The quantitative estimate of drug-likeness (QED) is 0.840. The lowest BCUT2D eigenvalue weighted by molar-refractivity contribution is -0.134. The van der Waals surface area contributed by atoms with Crippen LogP contribution in [0.15, 0.2) is 0 Å². The Morgan fingerprint density at radius 3 is 2.48 bits per heavy atom. The highest BCUT2D eigenvalue weighted by molar-refractivity contribution is 5.78. The molecule has 0 radical (unpaired) electrons. The molecule has 0 saturated carbocycles. The Balaban J connectivity index is 1.70. The van der Waals surface area contributed by atoms with Crippen LogP contribution >= 0.6 is 0 Å². The summed E-state index contributed by atoms with van der Waals surface area (Å²) in [5, 5.41) is 3.38. The summed E-state index contributed by atoms with van der Waals surface area (Å²) in [6, 6.07) is 0.734. The van der Waals surface area contributed by atoms with Crippen molar-refractivity contribution in [1.29, 1.82) is 0 Å². The summed E-state index contributed by atoms with van der Waals surface area (Å²) in [7, 11) is 0. The summed E-state index contributed by atoms with van der Waals surface area (Å²) in [6.07, 6.45) is 6.08. The number of rotatable bonds is 5. The lowest BCUT2D eigenvalue weighted by Crippen LogP contribution is -2.50. The van der Waals surface area contributed by atoms with Crippen molar-refractivity contribution in [3.05, 3.63) is 0 Å². The molecule has 1 N–H and O–H groups in total. The minimum absolute atomic E-state index is 0.221. The molecule has 2 saturated heterocycles. The molecule has 1 atom stereocenters. The molecular formula is C17H31N3O3. The van der Waals surface area contributed by atoms with Crippen molar-refractivity contribution in [2.24, 2.45) is 0 Å². The number of nitrogens with zero attached hydrogens (tertiary/aromatic N) is 2. The van der Waals surface area contributed by atoms with Gasteiger partial charge in [0.25, 0.3) is 0 Å². The van der Waals surface area contributed by atoms with Gasteiger partial charge < -0.3 is 19.9 Å². The van der Waals surface area contributed by atoms with Crippen LogP contribution in [0.4, 0.5) is 4.79 Å². The Morgan fingerprint density at radius 2 is 1.83 bits per heavy atom. The molecule has 2 amide bonds. The summed E-state index contributed by atoms with van der Waals surface area (Å²) in [4.78, 5) is 27.9. The van der Waals surface area contributed by atoms with Crippen LogP contribution in [-0.4, -0.2) is 66.7 Å². The molecule has 0 spiro atoms. The van der Waals surface area contributed by atoms with E-state index in [0.29, 0.717) is 38.3 Å². The van der Waals surface area contributed by atoms with E-state index in [-0.39, 0.29) is 12.0 Å². The molecule has 6 nitrogen and oxygen atoms in total. The zero-order chi connectivity index (χ0) is 16.7. The van der Waals surface area contributed by atoms with E-state index in [1.165, 1.54) is 6.42 Å². The molecule has 0 bridgehead atoms. The van der Waals surface area contributed by atoms with Crippen LogP contribution in [0, 0.1) is 0 Å². The number of amides is 2. The SMILES string of the molecule is CCOC(=O)N1CCC(NCC(=O)N2CCCCC2CC)CC1. The fraction of sp³-hybridized carbons (Fsp3) is 0.882. The summed E-state index contributed by atoms with van der Waals surface area (Å²) in [5.74, 6) is 0.226. The summed E-state index contributed by atoms with van der Waals surface area (Å²) in [6.45, 7) is 7.12. The number of nitrogens with one attached hydrogen (secondary N) is 1. The van der Waals surface area contributed by atoms with E-state index in [2.05, 4.69) is 17.1 Å². The maximum atomic E-state index is 12.4. The maximum absolute atomic E-state index is 12.4. The van der Waals surface area contributed by atoms with Crippen molar-refractivity contribution < 1.29 is 14.3 Å². The Labute approximate surface area is 139 Å². The summed E-state index contributed by atoms with van der Waals surface area (Å²) < 4.78 is 5.02. The molecule has 2 aliphatic heterocycles. The van der Waals surface area contributed by atoms with E-state index in [9.17, 15) is 9.59 Å². The second kappa shape index (κ2) is 9.11. The van der Waals surface area contributed by atoms with Crippen LogP contribution < -0.4 is 5.32 Å². The first-order valence-electron chi connectivity index (χ1n) is 9.10. The van der Waals surface area contributed by atoms with Gasteiger partial charge in [-0.05, 0) is 45.4 Å². The van der Waals surface area contributed by atoms with Crippen LogP contribution in [0.3, 0.4) is 0 Å². The fourth-order valence-corrected chi connectivity index (χ4v) is 3.57. The van der Waals surface area contributed by atoms with Crippen LogP contribution in [0.1, 0.15) is 52.4 Å². The van der Waals surface area contributed by atoms with Crippen molar-refractivity contribution in [3.63, 3.8) is 0 Å². The molecule has 6 heteroatoms. The number of hydrogen-bond donors (Lipinski definition) is 1. The van der Waals surface area contributed by atoms with Gasteiger partial charge in [0.2, 0.25) is 5.91 Å². The fourth-order valence-electron chi connectivity index (χ4n) is 3.57. The highest BCUT2D eigenvalue weighted by Crippen LogP contribution is 2.19. The first-order chi connectivity index (χ1) is 11.2. The Kier molecular flexibility index (Phi) is 7.15. The molecule has 0 aromatic rings. The normalized spacial score (nSPS) is 23.0.